The van der Waals surface area contributed by atoms with Crippen molar-refractivity contribution in [3.05, 3.63) is 70.6 Å². The molecular weight excluding hydrogens is 294 g/mol. The molecule has 3 nitrogen and oxygen atoms in total. The van der Waals surface area contributed by atoms with Crippen LogP contribution < -0.4 is 0 Å². The fourth-order valence-corrected chi connectivity index (χ4v) is 3.44. The summed E-state index contributed by atoms with van der Waals surface area (Å²) in [6.45, 7) is 3.92. The van der Waals surface area contributed by atoms with E-state index >= 15 is 0 Å². The summed E-state index contributed by atoms with van der Waals surface area (Å²) in [7, 11) is 0. The summed E-state index contributed by atoms with van der Waals surface area (Å²) in [4.78, 5) is 18.0. The first kappa shape index (κ1) is 14.5. The maximum absolute atomic E-state index is 11.9. The third-order valence-corrected chi connectivity index (χ3v) is 4.83. The molecule has 3 aromatic rings. The summed E-state index contributed by atoms with van der Waals surface area (Å²) in [5, 5.41) is 5.22. The Bertz CT molecular complexity index is 850. The average Bonchev–Trinajstić information content (AvgIpc) is 2.90. The summed E-state index contributed by atoms with van der Waals surface area (Å²) < 4.78 is 1.21. The molecule has 110 valence electrons. The number of aryl methyl sites for hydroxylation is 1. The van der Waals surface area contributed by atoms with E-state index in [-0.39, 0.29) is 0 Å². The van der Waals surface area contributed by atoms with Crippen molar-refractivity contribution < 1.29 is 9.63 Å². The Morgan fingerprint density at radius 2 is 1.73 bits per heavy atom. The highest BCUT2D eigenvalue weighted by atomic mass is 32.1. The molecular formula is C18H15NO2S. The number of oxime groups is 1. The quantitative estimate of drug-likeness (QED) is 0.396. The second-order valence-corrected chi connectivity index (χ2v) is 6.03. The van der Waals surface area contributed by atoms with Crippen molar-refractivity contribution in [2.45, 2.75) is 13.8 Å². The van der Waals surface area contributed by atoms with Crippen LogP contribution >= 0.6 is 11.3 Å². The Kier molecular flexibility index (Phi) is 4.02. The molecule has 1 heterocycles. The van der Waals surface area contributed by atoms with Crippen molar-refractivity contribution >= 4 is 33.1 Å². The fraction of sp³-hybridized carbons (Fsp3) is 0.111. The number of hydrogen-bond acceptors (Lipinski definition) is 4. The Morgan fingerprint density at radius 3 is 2.45 bits per heavy atom. The number of thiophene rings is 1. The van der Waals surface area contributed by atoms with Gasteiger partial charge in [-0.15, -0.1) is 11.3 Å². The van der Waals surface area contributed by atoms with Crippen molar-refractivity contribution in [3.8, 4) is 0 Å². The number of benzene rings is 2. The third kappa shape index (κ3) is 2.78. The van der Waals surface area contributed by atoms with Gasteiger partial charge in [0.25, 0.3) is 0 Å². The highest BCUT2D eigenvalue weighted by molar-refractivity contribution is 7.21. The van der Waals surface area contributed by atoms with Gasteiger partial charge in [0.15, 0.2) is 0 Å². The van der Waals surface area contributed by atoms with Gasteiger partial charge < -0.3 is 4.84 Å². The largest absolute Gasteiger partial charge is 0.365 e. The molecule has 1 aromatic heterocycles. The van der Waals surface area contributed by atoms with E-state index in [4.69, 9.17) is 4.84 Å². The normalized spacial score (nSPS) is 11.6. The van der Waals surface area contributed by atoms with E-state index in [1.165, 1.54) is 10.1 Å². The summed E-state index contributed by atoms with van der Waals surface area (Å²) in [5.41, 5.74) is 2.37. The van der Waals surface area contributed by atoms with Crippen LogP contribution in [0.3, 0.4) is 0 Å². The molecule has 0 N–H and O–H groups in total. The van der Waals surface area contributed by atoms with Gasteiger partial charge >= 0.3 is 5.97 Å². The van der Waals surface area contributed by atoms with Gasteiger partial charge in [-0.3, -0.25) is 0 Å². The summed E-state index contributed by atoms with van der Waals surface area (Å²) in [6.07, 6.45) is 0. The Morgan fingerprint density at radius 1 is 1.05 bits per heavy atom. The molecule has 0 bridgehead atoms. The lowest BCUT2D eigenvalue weighted by atomic mass is 10.1. The standard InChI is InChI=1S/C18H15NO2S/c1-12-15-10-6-7-11-16(15)22-17(12)13(2)19-21-18(20)14-8-4-3-5-9-14/h3-11H,1-2H3. The molecule has 4 heteroatoms. The molecule has 2 aromatic carbocycles. The lowest BCUT2D eigenvalue weighted by Crippen LogP contribution is -2.03. The zero-order chi connectivity index (χ0) is 15.5. The first-order valence-electron chi connectivity index (χ1n) is 6.96. The molecule has 3 rings (SSSR count). The van der Waals surface area contributed by atoms with Gasteiger partial charge in [0, 0.05) is 4.70 Å². The Labute approximate surface area is 132 Å². The van der Waals surface area contributed by atoms with Crippen LogP contribution in [-0.2, 0) is 4.84 Å². The minimum atomic E-state index is -0.446. The van der Waals surface area contributed by atoms with Crippen LogP contribution in [-0.4, -0.2) is 11.7 Å². The number of hydrogen-bond donors (Lipinski definition) is 0. The fourth-order valence-electron chi connectivity index (χ4n) is 2.30. The van der Waals surface area contributed by atoms with Crippen LogP contribution in [0.25, 0.3) is 10.1 Å². The van der Waals surface area contributed by atoms with E-state index in [0.717, 1.165) is 10.4 Å². The monoisotopic (exact) mass is 309 g/mol. The second-order valence-electron chi connectivity index (χ2n) is 4.97. The van der Waals surface area contributed by atoms with Gasteiger partial charge in [0.2, 0.25) is 0 Å². The number of carbonyl (C=O) groups is 1. The van der Waals surface area contributed by atoms with Gasteiger partial charge in [-0.2, -0.15) is 0 Å². The molecule has 0 aliphatic heterocycles. The van der Waals surface area contributed by atoms with Gasteiger partial charge in [0.05, 0.1) is 16.2 Å². The van der Waals surface area contributed by atoms with E-state index < -0.39 is 5.97 Å². The lowest BCUT2D eigenvalue weighted by Gasteiger charge is -2.00. The predicted octanol–water partition coefficient (Wildman–Crippen LogP) is 4.79. The molecule has 0 spiro atoms. The maximum atomic E-state index is 11.9. The SMILES string of the molecule is CC(=NOC(=O)c1ccccc1)c1sc2ccccc2c1C. The molecule has 0 fully saturated rings. The van der Waals surface area contributed by atoms with Crippen LogP contribution in [0.5, 0.6) is 0 Å². The number of nitrogens with zero attached hydrogens (tertiary/aromatic N) is 1. The molecule has 22 heavy (non-hydrogen) atoms. The van der Waals surface area contributed by atoms with Crippen LogP contribution in [0.4, 0.5) is 0 Å². The summed E-state index contributed by atoms with van der Waals surface area (Å²) in [5.74, 6) is -0.446. The predicted molar refractivity (Wildman–Crippen MR) is 90.6 cm³/mol. The Balaban J connectivity index is 1.85. The van der Waals surface area contributed by atoms with Crippen molar-refractivity contribution in [1.29, 1.82) is 0 Å². The van der Waals surface area contributed by atoms with Crippen LogP contribution in [0, 0.1) is 6.92 Å². The lowest BCUT2D eigenvalue weighted by molar-refractivity contribution is 0.0516. The number of carbonyl (C=O) groups excluding carboxylic acids is 1. The zero-order valence-corrected chi connectivity index (χ0v) is 13.2. The van der Waals surface area contributed by atoms with Crippen LogP contribution in [0.15, 0.2) is 59.8 Å². The molecule has 0 radical (unpaired) electrons. The smallest absolute Gasteiger partial charge is 0.313 e. The molecule has 0 aliphatic rings. The second kappa shape index (κ2) is 6.12. The van der Waals surface area contributed by atoms with Crippen molar-refractivity contribution in [3.63, 3.8) is 0 Å². The van der Waals surface area contributed by atoms with Gasteiger partial charge in [-0.1, -0.05) is 41.6 Å². The molecule has 0 saturated heterocycles. The molecule has 0 unspecified atom stereocenters. The molecule has 0 saturated carbocycles. The van der Waals surface area contributed by atoms with Crippen molar-refractivity contribution in [2.75, 3.05) is 0 Å². The molecule has 0 atom stereocenters. The van der Waals surface area contributed by atoms with Crippen LogP contribution in [0.1, 0.15) is 27.7 Å². The first-order chi connectivity index (χ1) is 10.7. The zero-order valence-electron chi connectivity index (χ0n) is 12.4. The van der Waals surface area contributed by atoms with Gasteiger partial charge in [0.1, 0.15) is 0 Å². The molecule has 0 aliphatic carbocycles. The van der Waals surface area contributed by atoms with E-state index in [9.17, 15) is 4.79 Å². The number of fused-ring (bicyclic) bond motifs is 1. The molecule has 0 amide bonds. The van der Waals surface area contributed by atoms with Crippen LogP contribution in [0.2, 0.25) is 0 Å². The average molecular weight is 309 g/mol. The third-order valence-electron chi connectivity index (χ3n) is 3.45. The number of rotatable bonds is 3. The van der Waals surface area contributed by atoms with E-state index in [0.29, 0.717) is 11.3 Å². The van der Waals surface area contributed by atoms with Gasteiger partial charge in [-0.05, 0) is 43.0 Å². The van der Waals surface area contributed by atoms with E-state index in [2.05, 4.69) is 24.2 Å². The minimum Gasteiger partial charge on any atom is -0.313 e. The maximum Gasteiger partial charge on any atom is 0.365 e. The van der Waals surface area contributed by atoms with Crippen molar-refractivity contribution in [2.24, 2.45) is 5.16 Å². The Hall–Kier alpha value is -2.46. The van der Waals surface area contributed by atoms with E-state index in [1.807, 2.05) is 25.1 Å². The summed E-state index contributed by atoms with van der Waals surface area (Å²) >= 11 is 1.66. The summed E-state index contributed by atoms with van der Waals surface area (Å²) in [6, 6.07) is 17.1. The highest BCUT2D eigenvalue weighted by Gasteiger charge is 2.12. The van der Waals surface area contributed by atoms with Crippen molar-refractivity contribution in [1.82, 2.24) is 0 Å². The van der Waals surface area contributed by atoms with E-state index in [1.54, 1.807) is 35.6 Å². The highest BCUT2D eigenvalue weighted by Crippen LogP contribution is 2.31. The minimum absolute atomic E-state index is 0.446. The first-order valence-corrected chi connectivity index (χ1v) is 7.78. The van der Waals surface area contributed by atoms with Gasteiger partial charge in [-0.25, -0.2) is 4.79 Å². The topological polar surface area (TPSA) is 38.7 Å².